The molecule has 1 atom stereocenters. The lowest BCUT2D eigenvalue weighted by atomic mass is 10.3. The highest BCUT2D eigenvalue weighted by Gasteiger charge is 2.06. The minimum Gasteiger partial charge on any atom is -0.463 e. The van der Waals surface area contributed by atoms with Crippen molar-refractivity contribution in [3.05, 3.63) is 34.4 Å². The molecular formula is C7H6N2O5S. The van der Waals surface area contributed by atoms with Crippen LogP contribution >= 0.6 is 0 Å². The van der Waals surface area contributed by atoms with Gasteiger partial charge in [-0.1, -0.05) is 6.07 Å². The van der Waals surface area contributed by atoms with Gasteiger partial charge in [-0.25, -0.2) is 9.00 Å². The van der Waals surface area contributed by atoms with Gasteiger partial charge in [0, 0.05) is 12.1 Å². The van der Waals surface area contributed by atoms with Crippen molar-refractivity contribution in [2.45, 2.75) is 4.90 Å². The monoisotopic (exact) mass is 230 g/mol. The van der Waals surface area contributed by atoms with Crippen molar-refractivity contribution in [1.82, 2.24) is 0 Å². The zero-order valence-corrected chi connectivity index (χ0v) is 8.13. The molecule has 0 radical (unpaired) electrons. The van der Waals surface area contributed by atoms with Gasteiger partial charge in [-0.15, -0.1) is 4.36 Å². The van der Waals surface area contributed by atoms with Gasteiger partial charge < -0.3 is 5.11 Å². The number of amides is 1. The summed E-state index contributed by atoms with van der Waals surface area (Å²) >= 11 is 0. The number of nitrogens with zero attached hydrogens (tertiary/aromatic N) is 2. The van der Waals surface area contributed by atoms with Crippen LogP contribution in [-0.4, -0.2) is 20.3 Å². The third-order valence-electron chi connectivity index (χ3n) is 1.44. The second-order valence-corrected chi connectivity index (χ2v) is 3.69. The largest absolute Gasteiger partial charge is 0.463 e. The molecule has 80 valence electrons. The molecule has 15 heavy (non-hydrogen) atoms. The molecule has 1 aromatic carbocycles. The Hall–Kier alpha value is -1.96. The maximum absolute atomic E-state index is 11.2. The predicted molar refractivity (Wildman–Crippen MR) is 51.4 cm³/mol. The van der Waals surface area contributed by atoms with Crippen molar-refractivity contribution in [3.8, 4) is 0 Å². The number of rotatable bonds is 2. The fraction of sp³-hybridized carbons (Fsp3) is 0. The summed E-state index contributed by atoms with van der Waals surface area (Å²) < 4.78 is 14.1. The van der Waals surface area contributed by atoms with Crippen LogP contribution in [0.4, 0.5) is 10.5 Å². The molecule has 0 fully saturated rings. The Morgan fingerprint density at radius 1 is 1.53 bits per heavy atom. The molecule has 0 aliphatic rings. The van der Waals surface area contributed by atoms with Crippen molar-refractivity contribution >= 4 is 22.4 Å². The summed E-state index contributed by atoms with van der Waals surface area (Å²) in [6, 6.07) is 4.88. The molecule has 0 spiro atoms. The summed E-state index contributed by atoms with van der Waals surface area (Å²) in [6.45, 7) is 0. The molecule has 0 aliphatic carbocycles. The molecule has 1 aromatic rings. The SMILES string of the molecule is O=C(O)/N=[SH](=O)/c1cccc([N+](=O)[O-])c1. The lowest BCUT2D eigenvalue weighted by Gasteiger charge is -1.93. The number of non-ortho nitro benzene ring substituents is 1. The van der Waals surface area contributed by atoms with Gasteiger partial charge in [-0.3, -0.25) is 10.1 Å². The van der Waals surface area contributed by atoms with E-state index >= 15 is 0 Å². The van der Waals surface area contributed by atoms with Gasteiger partial charge in [0.1, 0.15) is 0 Å². The standard InChI is InChI=1S/C7H6N2O5S/c10-7(11)8-15(14)6-3-1-2-5(4-6)9(12)13/h1-4,15H,(H,10,11). The van der Waals surface area contributed by atoms with Crippen LogP contribution in [0.5, 0.6) is 0 Å². The first-order valence-corrected chi connectivity index (χ1v) is 4.88. The molecule has 0 saturated carbocycles. The van der Waals surface area contributed by atoms with E-state index < -0.39 is 21.6 Å². The Morgan fingerprint density at radius 2 is 2.20 bits per heavy atom. The third kappa shape index (κ3) is 3.02. The number of carboxylic acid groups (broad SMARTS) is 1. The number of thiol groups is 1. The lowest BCUT2D eigenvalue weighted by Crippen LogP contribution is -1.91. The van der Waals surface area contributed by atoms with Crippen LogP contribution in [-0.2, 0) is 10.6 Å². The molecule has 1 rings (SSSR count). The number of carbonyl (C=O) groups is 1. The zero-order valence-electron chi connectivity index (χ0n) is 7.23. The van der Waals surface area contributed by atoms with E-state index in [-0.39, 0.29) is 10.6 Å². The summed E-state index contributed by atoms with van der Waals surface area (Å²) in [5.74, 6) is 0. The molecule has 8 heteroatoms. The van der Waals surface area contributed by atoms with Crippen LogP contribution in [0.25, 0.3) is 0 Å². The summed E-state index contributed by atoms with van der Waals surface area (Å²) in [5, 5.41) is 18.6. The average Bonchev–Trinajstić information content (AvgIpc) is 2.17. The Labute approximate surface area is 85.7 Å². The molecular weight excluding hydrogens is 224 g/mol. The Morgan fingerprint density at radius 3 is 2.73 bits per heavy atom. The number of nitro benzene ring substituents is 1. The molecule has 0 saturated heterocycles. The average molecular weight is 230 g/mol. The van der Waals surface area contributed by atoms with Crippen LogP contribution in [0.1, 0.15) is 0 Å². The lowest BCUT2D eigenvalue weighted by molar-refractivity contribution is -0.385. The number of benzene rings is 1. The molecule has 0 bridgehead atoms. The number of hydrogen-bond acceptors (Lipinski definition) is 4. The third-order valence-corrected chi connectivity index (χ3v) is 2.51. The fourth-order valence-corrected chi connectivity index (χ4v) is 1.59. The molecule has 1 N–H and O–H groups in total. The predicted octanol–water partition coefficient (Wildman–Crippen LogP) is 1.30. The molecule has 0 heterocycles. The highest BCUT2D eigenvalue weighted by Crippen LogP contribution is 2.14. The van der Waals surface area contributed by atoms with Gasteiger partial charge in [0.2, 0.25) is 0 Å². The van der Waals surface area contributed by atoms with Crippen LogP contribution < -0.4 is 0 Å². The Bertz CT molecular complexity index is 492. The smallest absolute Gasteiger partial charge is 0.439 e. The van der Waals surface area contributed by atoms with E-state index in [2.05, 4.69) is 4.36 Å². The van der Waals surface area contributed by atoms with Gasteiger partial charge in [-0.2, -0.15) is 0 Å². The van der Waals surface area contributed by atoms with Crippen LogP contribution in [0.15, 0.2) is 33.5 Å². The van der Waals surface area contributed by atoms with E-state index in [1.807, 2.05) is 0 Å². The fourth-order valence-electron chi connectivity index (χ4n) is 0.861. The Kier molecular flexibility index (Phi) is 3.34. The highest BCUT2D eigenvalue weighted by atomic mass is 32.2. The normalized spacial score (nSPS) is 12.3. The number of nitro groups is 1. The molecule has 7 nitrogen and oxygen atoms in total. The zero-order chi connectivity index (χ0) is 11.4. The maximum Gasteiger partial charge on any atom is 0.439 e. The second kappa shape index (κ2) is 4.51. The number of hydrogen-bond donors (Lipinski definition) is 2. The molecule has 0 aliphatic heterocycles. The van der Waals surface area contributed by atoms with Crippen molar-refractivity contribution in [2.75, 3.05) is 0 Å². The summed E-state index contributed by atoms with van der Waals surface area (Å²) in [6.07, 6.45) is -1.57. The first kappa shape index (κ1) is 11.1. The molecule has 1 amide bonds. The summed E-state index contributed by atoms with van der Waals surface area (Å²) in [7, 11) is -2.49. The maximum atomic E-state index is 11.2. The summed E-state index contributed by atoms with van der Waals surface area (Å²) in [4.78, 5) is 19.8. The van der Waals surface area contributed by atoms with Gasteiger partial charge in [0.25, 0.3) is 5.69 Å². The minimum absolute atomic E-state index is 0.0154. The van der Waals surface area contributed by atoms with Crippen LogP contribution in [0.2, 0.25) is 0 Å². The first-order valence-electron chi connectivity index (χ1n) is 3.67. The quantitative estimate of drug-likeness (QED) is 0.452. The van der Waals surface area contributed by atoms with Gasteiger partial charge in [0.15, 0.2) is 0 Å². The van der Waals surface area contributed by atoms with E-state index in [0.717, 1.165) is 6.07 Å². The summed E-state index contributed by atoms with van der Waals surface area (Å²) in [5.41, 5.74) is -0.253. The van der Waals surface area contributed by atoms with Gasteiger partial charge in [0.05, 0.1) is 20.4 Å². The van der Waals surface area contributed by atoms with E-state index in [1.54, 1.807) is 0 Å². The van der Waals surface area contributed by atoms with Crippen molar-refractivity contribution in [1.29, 1.82) is 0 Å². The van der Waals surface area contributed by atoms with Gasteiger partial charge >= 0.3 is 6.09 Å². The first-order chi connectivity index (χ1) is 7.00. The van der Waals surface area contributed by atoms with E-state index in [0.29, 0.717) is 0 Å². The van der Waals surface area contributed by atoms with Crippen LogP contribution in [0.3, 0.4) is 0 Å². The van der Waals surface area contributed by atoms with E-state index in [1.165, 1.54) is 18.2 Å². The minimum atomic E-state index is -2.49. The van der Waals surface area contributed by atoms with Crippen molar-refractivity contribution in [3.63, 3.8) is 0 Å². The Balaban J connectivity index is 3.17. The van der Waals surface area contributed by atoms with Crippen LogP contribution in [0, 0.1) is 10.1 Å². The molecule has 0 aromatic heterocycles. The van der Waals surface area contributed by atoms with E-state index in [9.17, 15) is 19.1 Å². The topological polar surface area (TPSA) is 110 Å². The van der Waals surface area contributed by atoms with Crippen molar-refractivity contribution < 1.29 is 19.0 Å². The van der Waals surface area contributed by atoms with Gasteiger partial charge in [-0.05, 0) is 6.07 Å². The highest BCUT2D eigenvalue weighted by molar-refractivity contribution is 7.75. The van der Waals surface area contributed by atoms with E-state index in [4.69, 9.17) is 5.11 Å². The second-order valence-electron chi connectivity index (χ2n) is 2.43. The van der Waals surface area contributed by atoms with Crippen molar-refractivity contribution in [2.24, 2.45) is 4.36 Å². The molecule has 1 unspecified atom stereocenters.